The lowest BCUT2D eigenvalue weighted by Crippen LogP contribution is -2.41. The predicted molar refractivity (Wildman–Crippen MR) is 104 cm³/mol. The van der Waals surface area contributed by atoms with Gasteiger partial charge in [0.05, 0.1) is 11.7 Å². The van der Waals surface area contributed by atoms with E-state index in [9.17, 15) is 8.42 Å². The first-order valence-electron chi connectivity index (χ1n) is 9.75. The Kier molecular flexibility index (Phi) is 4.40. The van der Waals surface area contributed by atoms with Crippen molar-refractivity contribution >= 4 is 20.9 Å². The molecule has 0 spiro atoms. The summed E-state index contributed by atoms with van der Waals surface area (Å²) in [7, 11) is -3.53. The molecule has 0 bridgehead atoms. The molecule has 28 heavy (non-hydrogen) atoms. The van der Waals surface area contributed by atoms with Crippen molar-refractivity contribution in [2.24, 2.45) is 5.92 Å². The van der Waals surface area contributed by atoms with Crippen LogP contribution in [0, 0.1) is 5.92 Å². The SMILES string of the molecule is O=S(=O)(c1cnoc1)N1CCC(Oc2cccc3c2ccn3CC2CC2)CC1. The van der Waals surface area contributed by atoms with Gasteiger partial charge in [-0.3, -0.25) is 0 Å². The fourth-order valence-corrected chi connectivity index (χ4v) is 5.21. The predicted octanol–water partition coefficient (Wildman–Crippen LogP) is 3.27. The van der Waals surface area contributed by atoms with Crippen LogP contribution in [-0.2, 0) is 16.6 Å². The van der Waals surface area contributed by atoms with E-state index >= 15 is 0 Å². The van der Waals surface area contributed by atoms with Crippen molar-refractivity contribution in [1.29, 1.82) is 0 Å². The zero-order valence-corrected chi connectivity index (χ0v) is 16.3. The number of nitrogens with zero attached hydrogens (tertiary/aromatic N) is 3. The summed E-state index contributed by atoms with van der Waals surface area (Å²) in [6.45, 7) is 1.93. The minimum absolute atomic E-state index is 0.00584. The van der Waals surface area contributed by atoms with Gasteiger partial charge in [0.2, 0.25) is 10.0 Å². The fourth-order valence-electron chi connectivity index (χ4n) is 3.88. The Bertz CT molecular complexity index is 1060. The van der Waals surface area contributed by atoms with Crippen LogP contribution in [0.4, 0.5) is 0 Å². The Morgan fingerprint density at radius 2 is 1.96 bits per heavy atom. The van der Waals surface area contributed by atoms with Crippen molar-refractivity contribution < 1.29 is 17.7 Å². The van der Waals surface area contributed by atoms with Gasteiger partial charge < -0.3 is 13.8 Å². The van der Waals surface area contributed by atoms with Crippen molar-refractivity contribution in [2.45, 2.75) is 43.2 Å². The van der Waals surface area contributed by atoms with E-state index in [2.05, 4.69) is 32.6 Å². The third-order valence-electron chi connectivity index (χ3n) is 5.67. The minimum Gasteiger partial charge on any atom is -0.490 e. The highest BCUT2D eigenvalue weighted by molar-refractivity contribution is 7.89. The molecule has 0 amide bonds. The second-order valence-corrected chi connectivity index (χ2v) is 9.62. The summed E-state index contributed by atoms with van der Waals surface area (Å²) >= 11 is 0. The van der Waals surface area contributed by atoms with Crippen LogP contribution in [0.5, 0.6) is 5.75 Å². The molecule has 148 valence electrons. The van der Waals surface area contributed by atoms with Crippen LogP contribution in [0.1, 0.15) is 25.7 Å². The van der Waals surface area contributed by atoms with E-state index in [-0.39, 0.29) is 11.0 Å². The molecule has 0 N–H and O–H groups in total. The van der Waals surface area contributed by atoms with Gasteiger partial charge in [-0.2, -0.15) is 4.31 Å². The Labute approximate surface area is 163 Å². The van der Waals surface area contributed by atoms with Gasteiger partial charge in [-0.25, -0.2) is 8.42 Å². The molecule has 1 saturated heterocycles. The maximum absolute atomic E-state index is 12.6. The van der Waals surface area contributed by atoms with E-state index in [4.69, 9.17) is 4.74 Å². The third kappa shape index (κ3) is 3.31. The molecular weight excluding hydrogens is 378 g/mol. The molecule has 2 aliphatic rings. The summed E-state index contributed by atoms with van der Waals surface area (Å²) in [5.41, 5.74) is 1.21. The molecule has 3 aromatic rings. The summed E-state index contributed by atoms with van der Waals surface area (Å²) in [5, 5.41) is 4.63. The van der Waals surface area contributed by atoms with Gasteiger partial charge in [0, 0.05) is 31.2 Å². The Morgan fingerprint density at radius 3 is 2.68 bits per heavy atom. The highest BCUT2D eigenvalue weighted by atomic mass is 32.2. The molecule has 8 heteroatoms. The number of hydrogen-bond donors (Lipinski definition) is 0. The molecule has 1 aliphatic heterocycles. The molecule has 0 unspecified atom stereocenters. The van der Waals surface area contributed by atoms with Crippen molar-refractivity contribution in [3.63, 3.8) is 0 Å². The standard InChI is InChI=1S/C20H23N3O4S/c24-28(25,17-12-21-26-14-17)23-10-6-16(7-11-23)27-20-3-1-2-19-18(20)8-9-22(19)13-15-4-5-15/h1-3,8-9,12,14-16H,4-7,10-11,13H2. The van der Waals surface area contributed by atoms with E-state index in [0.717, 1.165) is 23.6 Å². The van der Waals surface area contributed by atoms with Crippen LogP contribution in [0.25, 0.3) is 10.9 Å². The third-order valence-corrected chi connectivity index (χ3v) is 7.51. The lowest BCUT2D eigenvalue weighted by molar-refractivity contribution is 0.137. The van der Waals surface area contributed by atoms with Gasteiger partial charge in [-0.05, 0) is 49.8 Å². The van der Waals surface area contributed by atoms with Crippen LogP contribution in [0.2, 0.25) is 0 Å². The van der Waals surface area contributed by atoms with Gasteiger partial charge >= 0.3 is 0 Å². The largest absolute Gasteiger partial charge is 0.490 e. The van der Waals surface area contributed by atoms with Crippen LogP contribution >= 0.6 is 0 Å². The summed E-state index contributed by atoms with van der Waals surface area (Å²) in [6, 6.07) is 8.30. The Morgan fingerprint density at radius 1 is 1.14 bits per heavy atom. The average molecular weight is 401 g/mol. The Balaban J connectivity index is 1.27. The molecule has 0 atom stereocenters. The van der Waals surface area contributed by atoms with Crippen molar-refractivity contribution in [3.05, 3.63) is 42.9 Å². The second kappa shape index (κ2) is 6.93. The number of piperidine rings is 1. The van der Waals surface area contributed by atoms with E-state index in [1.54, 1.807) is 0 Å². The van der Waals surface area contributed by atoms with Crippen LogP contribution in [0.15, 0.2) is 52.3 Å². The number of fused-ring (bicyclic) bond motifs is 1. The molecule has 2 aromatic heterocycles. The van der Waals surface area contributed by atoms with Crippen molar-refractivity contribution in [2.75, 3.05) is 13.1 Å². The second-order valence-electron chi connectivity index (χ2n) is 7.68. The Hall–Kier alpha value is -2.32. The molecule has 2 fully saturated rings. The van der Waals surface area contributed by atoms with Gasteiger partial charge in [-0.1, -0.05) is 11.2 Å². The number of aromatic nitrogens is 2. The van der Waals surface area contributed by atoms with Crippen LogP contribution < -0.4 is 4.74 Å². The summed E-state index contributed by atoms with van der Waals surface area (Å²) in [5.74, 6) is 1.70. The normalized spacial score (nSPS) is 19.3. The van der Waals surface area contributed by atoms with Crippen LogP contribution in [-0.4, -0.2) is 41.6 Å². The average Bonchev–Trinajstić information content (AvgIpc) is 3.17. The quantitative estimate of drug-likeness (QED) is 0.633. The number of rotatable bonds is 6. The molecule has 3 heterocycles. The number of benzene rings is 1. The first-order valence-corrected chi connectivity index (χ1v) is 11.2. The molecular formula is C20H23N3O4S. The molecule has 0 radical (unpaired) electrons. The fraction of sp³-hybridized carbons (Fsp3) is 0.450. The maximum Gasteiger partial charge on any atom is 0.247 e. The van der Waals surface area contributed by atoms with Gasteiger partial charge in [-0.15, -0.1) is 0 Å². The number of sulfonamides is 1. The van der Waals surface area contributed by atoms with E-state index in [1.165, 1.54) is 35.1 Å². The first-order chi connectivity index (χ1) is 13.6. The lowest BCUT2D eigenvalue weighted by atomic mass is 10.1. The van der Waals surface area contributed by atoms with Crippen molar-refractivity contribution in [3.8, 4) is 5.75 Å². The highest BCUT2D eigenvalue weighted by Crippen LogP contribution is 2.34. The van der Waals surface area contributed by atoms with Gasteiger partial charge in [0.1, 0.15) is 23.0 Å². The van der Waals surface area contributed by atoms with Crippen molar-refractivity contribution in [1.82, 2.24) is 14.0 Å². The zero-order chi connectivity index (χ0) is 19.1. The topological polar surface area (TPSA) is 77.6 Å². The summed E-state index contributed by atoms with van der Waals surface area (Å²) < 4.78 is 39.9. The van der Waals surface area contributed by atoms with Gasteiger partial charge in [0.15, 0.2) is 0 Å². The first kappa shape index (κ1) is 17.8. The molecule has 7 nitrogen and oxygen atoms in total. The van der Waals surface area contributed by atoms with Gasteiger partial charge in [0.25, 0.3) is 0 Å². The number of hydrogen-bond acceptors (Lipinski definition) is 5. The van der Waals surface area contributed by atoms with E-state index in [0.29, 0.717) is 25.9 Å². The summed E-state index contributed by atoms with van der Waals surface area (Å²) in [6.07, 6.45) is 8.53. The maximum atomic E-state index is 12.6. The summed E-state index contributed by atoms with van der Waals surface area (Å²) in [4.78, 5) is 0.105. The van der Waals surface area contributed by atoms with E-state index < -0.39 is 10.0 Å². The monoisotopic (exact) mass is 401 g/mol. The minimum atomic E-state index is -3.53. The molecule has 1 saturated carbocycles. The molecule has 1 aromatic carbocycles. The zero-order valence-electron chi connectivity index (χ0n) is 15.5. The molecule has 5 rings (SSSR count). The highest BCUT2D eigenvalue weighted by Gasteiger charge is 2.31. The molecule has 1 aliphatic carbocycles. The van der Waals surface area contributed by atoms with E-state index in [1.807, 2.05) is 12.1 Å². The lowest BCUT2D eigenvalue weighted by Gasteiger charge is -2.31. The number of ether oxygens (including phenoxy) is 1. The van der Waals surface area contributed by atoms with Crippen LogP contribution in [0.3, 0.4) is 0 Å². The smallest absolute Gasteiger partial charge is 0.247 e.